The van der Waals surface area contributed by atoms with Crippen molar-refractivity contribution >= 4 is 43.6 Å². The van der Waals surface area contributed by atoms with Crippen LogP contribution in [0.4, 0.5) is 0 Å². The first-order valence-corrected chi connectivity index (χ1v) is 20.9. The van der Waals surface area contributed by atoms with E-state index in [1.54, 1.807) is 0 Å². The van der Waals surface area contributed by atoms with Gasteiger partial charge in [-0.3, -0.25) is 9.13 Å². The first-order chi connectivity index (χ1) is 30.7. The third-order valence-electron chi connectivity index (χ3n) is 12.1. The molecule has 12 rings (SSSR count). The first kappa shape index (κ1) is 35.5. The third kappa shape index (κ3) is 5.98. The summed E-state index contributed by atoms with van der Waals surface area (Å²) in [4.78, 5) is 16.0. The topological polar surface area (TPSA) is 48.5 Å². The third-order valence-corrected chi connectivity index (χ3v) is 12.1. The molecule has 12 aromatic rings. The van der Waals surface area contributed by atoms with Gasteiger partial charge in [0, 0.05) is 27.1 Å². The number of fused-ring (bicyclic) bond motifs is 6. The number of para-hydroxylation sites is 3. The highest BCUT2D eigenvalue weighted by atomic mass is 15.3. The molecule has 3 heterocycles. The lowest BCUT2D eigenvalue weighted by molar-refractivity contribution is 0.893. The molecule has 290 valence electrons. The van der Waals surface area contributed by atoms with E-state index in [1.807, 2.05) is 0 Å². The number of hydrogen-bond donors (Lipinski definition) is 0. The zero-order chi connectivity index (χ0) is 41.0. The predicted octanol–water partition coefficient (Wildman–Crippen LogP) is 14.4. The summed E-state index contributed by atoms with van der Waals surface area (Å²) in [5, 5.41) is 4.57. The fourth-order valence-electron chi connectivity index (χ4n) is 9.08. The van der Waals surface area contributed by atoms with E-state index in [-0.39, 0.29) is 0 Å². The monoisotopic (exact) mass is 791 g/mol. The molecule has 0 unspecified atom stereocenters. The van der Waals surface area contributed by atoms with Crippen molar-refractivity contribution in [1.29, 1.82) is 0 Å². The van der Waals surface area contributed by atoms with Crippen LogP contribution < -0.4 is 0 Å². The molecule has 0 aliphatic rings. The molecule has 3 aromatic heterocycles. The van der Waals surface area contributed by atoms with Gasteiger partial charge in [0.1, 0.15) is 0 Å². The maximum atomic E-state index is 5.37. The SMILES string of the molecule is c1ccc(-c2ccc3c4ccccc4n(-c4nc(-c5ccc(-c6ccc(-c7ccccc7-c7ccccc7)cc6)cc5)nc(-n5c6ccccc6c6ccccc65)n4)c3c2)cc1. The Bertz CT molecular complexity index is 3550. The highest BCUT2D eigenvalue weighted by Gasteiger charge is 2.21. The molecule has 0 amide bonds. The summed E-state index contributed by atoms with van der Waals surface area (Å²) in [7, 11) is 0. The minimum absolute atomic E-state index is 0.554. The van der Waals surface area contributed by atoms with E-state index >= 15 is 0 Å². The molecular formula is C57H37N5. The van der Waals surface area contributed by atoms with Crippen molar-refractivity contribution in [3.63, 3.8) is 0 Å². The number of rotatable bonds is 7. The Morgan fingerprint density at radius 3 is 1.13 bits per heavy atom. The van der Waals surface area contributed by atoms with Crippen LogP contribution in [0.15, 0.2) is 224 Å². The van der Waals surface area contributed by atoms with Gasteiger partial charge < -0.3 is 0 Å². The Morgan fingerprint density at radius 1 is 0.242 bits per heavy atom. The summed E-state index contributed by atoms with van der Waals surface area (Å²) in [5.41, 5.74) is 14.4. The molecule has 0 radical (unpaired) electrons. The number of hydrogen-bond acceptors (Lipinski definition) is 3. The van der Waals surface area contributed by atoms with Gasteiger partial charge in [0.25, 0.3) is 0 Å². The molecule has 5 heteroatoms. The summed E-state index contributed by atoms with van der Waals surface area (Å²) in [5.74, 6) is 1.71. The van der Waals surface area contributed by atoms with Crippen LogP contribution in [0.3, 0.4) is 0 Å². The highest BCUT2D eigenvalue weighted by molar-refractivity contribution is 6.11. The lowest BCUT2D eigenvalue weighted by Crippen LogP contribution is -2.10. The molecule has 0 fully saturated rings. The fraction of sp³-hybridized carbons (Fsp3) is 0. The minimum atomic E-state index is 0.554. The molecule has 0 bridgehead atoms. The second-order valence-corrected chi connectivity index (χ2v) is 15.6. The van der Waals surface area contributed by atoms with E-state index in [9.17, 15) is 0 Å². The quantitative estimate of drug-likeness (QED) is 0.162. The van der Waals surface area contributed by atoms with E-state index in [2.05, 4.69) is 234 Å². The van der Waals surface area contributed by atoms with Gasteiger partial charge in [-0.15, -0.1) is 0 Å². The molecular weight excluding hydrogens is 755 g/mol. The van der Waals surface area contributed by atoms with Crippen molar-refractivity contribution in [2.45, 2.75) is 0 Å². The van der Waals surface area contributed by atoms with Crippen LogP contribution in [0.1, 0.15) is 0 Å². The van der Waals surface area contributed by atoms with Gasteiger partial charge in [-0.1, -0.05) is 200 Å². The number of aromatic nitrogens is 5. The minimum Gasteiger partial charge on any atom is -0.278 e. The van der Waals surface area contributed by atoms with Crippen molar-refractivity contribution in [2.24, 2.45) is 0 Å². The maximum Gasteiger partial charge on any atom is 0.240 e. The van der Waals surface area contributed by atoms with E-state index in [4.69, 9.17) is 15.0 Å². The Morgan fingerprint density at radius 2 is 0.597 bits per heavy atom. The second kappa shape index (κ2) is 14.7. The van der Waals surface area contributed by atoms with Crippen LogP contribution in [0.25, 0.3) is 111 Å². The number of nitrogens with zero attached hydrogens (tertiary/aromatic N) is 5. The standard InChI is InChI=1S/C57H37N5/c1-3-15-38(16-4-1)44-35-36-50-49-23-11-14-26-53(49)62(54(50)37-44)57-59-55(58-56(60-57)61-51-24-12-9-21-47(51)48-22-10-13-25-52(48)61)43-33-29-40(30-34-43)39-27-31-42(32-28-39)46-20-8-7-19-45(46)41-17-5-2-6-18-41/h1-37H. The first-order valence-electron chi connectivity index (χ1n) is 20.9. The zero-order valence-electron chi connectivity index (χ0n) is 33.6. The summed E-state index contributed by atoms with van der Waals surface area (Å²) >= 11 is 0. The maximum absolute atomic E-state index is 5.37. The fourth-order valence-corrected chi connectivity index (χ4v) is 9.08. The second-order valence-electron chi connectivity index (χ2n) is 15.6. The van der Waals surface area contributed by atoms with Crippen molar-refractivity contribution in [3.05, 3.63) is 224 Å². The largest absolute Gasteiger partial charge is 0.278 e. The Labute approximate surface area is 358 Å². The van der Waals surface area contributed by atoms with Crippen molar-refractivity contribution in [2.75, 3.05) is 0 Å². The van der Waals surface area contributed by atoms with E-state index in [1.165, 1.54) is 22.3 Å². The highest BCUT2D eigenvalue weighted by Crippen LogP contribution is 2.37. The van der Waals surface area contributed by atoms with Gasteiger partial charge in [0.2, 0.25) is 11.9 Å². The molecule has 0 aliphatic carbocycles. The molecule has 0 N–H and O–H groups in total. The van der Waals surface area contributed by atoms with Crippen LogP contribution in [0.2, 0.25) is 0 Å². The van der Waals surface area contributed by atoms with Gasteiger partial charge in [-0.05, 0) is 68.8 Å². The summed E-state index contributed by atoms with van der Waals surface area (Å²) < 4.78 is 4.38. The Balaban J connectivity index is 1.01. The van der Waals surface area contributed by atoms with Crippen LogP contribution >= 0.6 is 0 Å². The van der Waals surface area contributed by atoms with Crippen molar-refractivity contribution in [3.8, 4) is 67.8 Å². The van der Waals surface area contributed by atoms with Crippen LogP contribution in [-0.4, -0.2) is 24.1 Å². The Kier molecular flexibility index (Phi) is 8.42. The lowest BCUT2D eigenvalue weighted by atomic mass is 9.93. The molecule has 0 saturated heterocycles. The van der Waals surface area contributed by atoms with Crippen molar-refractivity contribution < 1.29 is 0 Å². The molecule has 0 spiro atoms. The summed E-state index contributed by atoms with van der Waals surface area (Å²) in [6.07, 6.45) is 0. The van der Waals surface area contributed by atoms with Crippen LogP contribution in [-0.2, 0) is 0 Å². The summed E-state index contributed by atoms with van der Waals surface area (Å²) in [6.45, 7) is 0. The predicted molar refractivity (Wildman–Crippen MR) is 256 cm³/mol. The van der Waals surface area contributed by atoms with Gasteiger partial charge in [-0.25, -0.2) is 0 Å². The molecule has 9 aromatic carbocycles. The molecule has 5 nitrogen and oxygen atoms in total. The van der Waals surface area contributed by atoms with Crippen molar-refractivity contribution in [1.82, 2.24) is 24.1 Å². The Hall–Kier alpha value is -8.41. The van der Waals surface area contributed by atoms with E-state index in [0.29, 0.717) is 17.7 Å². The summed E-state index contributed by atoms with van der Waals surface area (Å²) in [6, 6.07) is 79.3. The van der Waals surface area contributed by atoms with E-state index < -0.39 is 0 Å². The van der Waals surface area contributed by atoms with Gasteiger partial charge >= 0.3 is 0 Å². The smallest absolute Gasteiger partial charge is 0.240 e. The zero-order valence-corrected chi connectivity index (χ0v) is 33.6. The van der Waals surface area contributed by atoms with Gasteiger partial charge in [-0.2, -0.15) is 15.0 Å². The molecule has 0 saturated carbocycles. The molecule has 0 atom stereocenters. The normalized spacial score (nSPS) is 11.5. The lowest BCUT2D eigenvalue weighted by Gasteiger charge is -2.13. The van der Waals surface area contributed by atoms with Crippen LogP contribution in [0, 0.1) is 0 Å². The molecule has 62 heavy (non-hydrogen) atoms. The van der Waals surface area contributed by atoms with E-state index in [0.717, 1.165) is 71.4 Å². The molecule has 0 aliphatic heterocycles. The number of benzene rings is 9. The van der Waals surface area contributed by atoms with Gasteiger partial charge in [0.05, 0.1) is 22.1 Å². The average molecular weight is 792 g/mol. The van der Waals surface area contributed by atoms with Crippen LogP contribution in [0.5, 0.6) is 0 Å². The average Bonchev–Trinajstić information content (AvgIpc) is 3.87. The van der Waals surface area contributed by atoms with Gasteiger partial charge in [0.15, 0.2) is 5.82 Å².